The van der Waals surface area contributed by atoms with Crippen LogP contribution >= 0.6 is 0 Å². The first-order valence-corrected chi connectivity index (χ1v) is 7.74. The average Bonchev–Trinajstić information content (AvgIpc) is 2.89. The number of carbonyl (C=O) groups excluding carboxylic acids is 1. The van der Waals surface area contributed by atoms with E-state index < -0.39 is 0 Å². The Morgan fingerprint density at radius 3 is 2.57 bits per heavy atom. The van der Waals surface area contributed by atoms with Crippen LogP contribution in [-0.2, 0) is 16.0 Å². The lowest BCUT2D eigenvalue weighted by molar-refractivity contribution is -0.130. The van der Waals surface area contributed by atoms with E-state index in [2.05, 4.69) is 23.2 Å². The summed E-state index contributed by atoms with van der Waals surface area (Å²) in [6.07, 6.45) is 3.23. The Morgan fingerprint density at radius 1 is 1.04 bits per heavy atom. The zero-order valence-corrected chi connectivity index (χ0v) is 13.4. The van der Waals surface area contributed by atoms with Gasteiger partial charge in [0.05, 0.1) is 0 Å². The maximum atomic E-state index is 12.0. The smallest absolute Gasteiger partial charge is 0.363 e. The molecule has 1 aliphatic rings. The normalized spacial score (nSPS) is 15.7. The van der Waals surface area contributed by atoms with Gasteiger partial charge in [-0.2, -0.15) is 0 Å². The molecule has 0 aromatic heterocycles. The van der Waals surface area contributed by atoms with E-state index in [9.17, 15) is 4.79 Å². The summed E-state index contributed by atoms with van der Waals surface area (Å²) < 4.78 is 5.27. The van der Waals surface area contributed by atoms with Crippen LogP contribution in [0, 0.1) is 13.8 Å². The zero-order valence-electron chi connectivity index (χ0n) is 13.4. The number of carbonyl (C=O) groups is 1. The fraction of sp³-hybridized carbons (Fsp3) is 0.200. The van der Waals surface area contributed by atoms with E-state index in [1.807, 2.05) is 44.2 Å². The molecule has 0 saturated carbocycles. The van der Waals surface area contributed by atoms with Crippen LogP contribution in [0.2, 0.25) is 0 Å². The number of hydrogen-bond donors (Lipinski definition) is 0. The average molecular weight is 305 g/mol. The molecule has 0 amide bonds. The molecule has 0 unspecified atom stereocenters. The molecule has 2 aromatic carbocycles. The van der Waals surface area contributed by atoms with Gasteiger partial charge in [0, 0.05) is 6.42 Å². The van der Waals surface area contributed by atoms with Gasteiger partial charge in [0.2, 0.25) is 0 Å². The van der Waals surface area contributed by atoms with Crippen molar-refractivity contribution in [1.82, 2.24) is 0 Å². The lowest BCUT2D eigenvalue weighted by Gasteiger charge is -2.01. The van der Waals surface area contributed by atoms with Crippen molar-refractivity contribution in [3.8, 4) is 0 Å². The Kier molecular flexibility index (Phi) is 4.38. The van der Waals surface area contributed by atoms with Gasteiger partial charge in [-0.1, -0.05) is 54.1 Å². The van der Waals surface area contributed by atoms with Gasteiger partial charge < -0.3 is 4.74 Å². The third-order valence-electron chi connectivity index (χ3n) is 3.85. The summed E-state index contributed by atoms with van der Waals surface area (Å²) in [5.74, 6) is 0.128. The van der Waals surface area contributed by atoms with Crippen LogP contribution in [0.5, 0.6) is 0 Å². The molecule has 23 heavy (non-hydrogen) atoms. The Bertz CT molecular complexity index is 789. The molecule has 0 atom stereocenters. The van der Waals surface area contributed by atoms with Crippen molar-refractivity contribution >= 4 is 17.9 Å². The van der Waals surface area contributed by atoms with E-state index in [1.54, 1.807) is 6.08 Å². The van der Waals surface area contributed by atoms with Gasteiger partial charge in [-0.15, -0.1) is 0 Å². The van der Waals surface area contributed by atoms with Gasteiger partial charge in [0.25, 0.3) is 0 Å². The van der Waals surface area contributed by atoms with E-state index in [4.69, 9.17) is 4.74 Å². The Morgan fingerprint density at radius 2 is 1.83 bits per heavy atom. The minimum absolute atomic E-state index is 0.368. The quantitative estimate of drug-likeness (QED) is 0.626. The predicted molar refractivity (Wildman–Crippen MR) is 92.2 cm³/mol. The molecule has 3 nitrogen and oxygen atoms in total. The lowest BCUT2D eigenvalue weighted by atomic mass is 10.0. The summed E-state index contributed by atoms with van der Waals surface area (Å²) in [7, 11) is 0. The maximum Gasteiger partial charge on any atom is 0.363 e. The van der Waals surface area contributed by atoms with Crippen molar-refractivity contribution in [3.05, 3.63) is 76.5 Å². The Hall–Kier alpha value is -2.68. The standard InChI is InChI=1S/C20H19NO2/c1-14-8-10-17(15(2)12-14)13-18-20(22)23-19(21-18)11-9-16-6-4-3-5-7-16/h3-8,10,12-13H,9,11H2,1-2H3/b18-13-. The summed E-state index contributed by atoms with van der Waals surface area (Å²) >= 11 is 0. The number of nitrogens with zero attached hydrogens (tertiary/aromatic N) is 1. The fourth-order valence-corrected chi connectivity index (χ4v) is 2.59. The summed E-state index contributed by atoms with van der Waals surface area (Å²) in [6.45, 7) is 4.08. The first-order chi connectivity index (χ1) is 11.1. The van der Waals surface area contributed by atoms with Gasteiger partial charge in [0.1, 0.15) is 0 Å². The molecule has 1 heterocycles. The van der Waals surface area contributed by atoms with Crippen LogP contribution in [0.3, 0.4) is 0 Å². The Labute approximate surface area is 136 Å². The van der Waals surface area contributed by atoms with Crippen LogP contribution in [0.15, 0.2) is 59.2 Å². The van der Waals surface area contributed by atoms with Crippen molar-refractivity contribution in [2.75, 3.05) is 0 Å². The first-order valence-electron chi connectivity index (χ1n) is 7.74. The summed E-state index contributed by atoms with van der Waals surface area (Å²) in [6, 6.07) is 16.2. The molecule has 0 N–H and O–H groups in total. The zero-order chi connectivity index (χ0) is 16.2. The van der Waals surface area contributed by atoms with Crippen molar-refractivity contribution in [1.29, 1.82) is 0 Å². The second-order valence-corrected chi connectivity index (χ2v) is 5.77. The van der Waals surface area contributed by atoms with Crippen LogP contribution in [0.25, 0.3) is 6.08 Å². The van der Waals surface area contributed by atoms with Crippen molar-refractivity contribution in [2.45, 2.75) is 26.7 Å². The highest BCUT2D eigenvalue weighted by Gasteiger charge is 2.22. The molecule has 0 fully saturated rings. The molecule has 0 radical (unpaired) electrons. The third kappa shape index (κ3) is 3.75. The molecule has 0 bridgehead atoms. The lowest BCUT2D eigenvalue weighted by Crippen LogP contribution is -2.05. The highest BCUT2D eigenvalue weighted by atomic mass is 16.6. The highest BCUT2D eigenvalue weighted by Crippen LogP contribution is 2.20. The van der Waals surface area contributed by atoms with Crippen LogP contribution in [-0.4, -0.2) is 11.9 Å². The molecular weight excluding hydrogens is 286 g/mol. The number of aryl methyl sites for hydroxylation is 3. The summed E-state index contributed by atoms with van der Waals surface area (Å²) in [5.41, 5.74) is 4.90. The first kappa shape index (κ1) is 15.2. The minimum atomic E-state index is -0.368. The van der Waals surface area contributed by atoms with Gasteiger partial charge >= 0.3 is 5.97 Å². The molecule has 0 spiro atoms. The molecule has 3 heteroatoms. The third-order valence-corrected chi connectivity index (χ3v) is 3.85. The van der Waals surface area contributed by atoms with Crippen LogP contribution in [0.1, 0.15) is 28.7 Å². The number of hydrogen-bond acceptors (Lipinski definition) is 3. The number of cyclic esters (lactones) is 1. The molecular formula is C20H19NO2. The van der Waals surface area contributed by atoms with Crippen molar-refractivity contribution < 1.29 is 9.53 Å². The molecule has 2 aromatic rings. The van der Waals surface area contributed by atoms with Crippen LogP contribution < -0.4 is 0 Å². The van der Waals surface area contributed by atoms with Gasteiger partial charge in [-0.3, -0.25) is 0 Å². The van der Waals surface area contributed by atoms with Gasteiger partial charge in [-0.05, 0) is 43.0 Å². The van der Waals surface area contributed by atoms with E-state index in [0.717, 1.165) is 17.5 Å². The van der Waals surface area contributed by atoms with E-state index >= 15 is 0 Å². The van der Waals surface area contributed by atoms with Crippen molar-refractivity contribution in [2.24, 2.45) is 4.99 Å². The van der Waals surface area contributed by atoms with E-state index in [1.165, 1.54) is 11.1 Å². The fourth-order valence-electron chi connectivity index (χ4n) is 2.59. The highest BCUT2D eigenvalue weighted by molar-refractivity contribution is 6.07. The molecule has 3 rings (SSSR count). The number of esters is 1. The molecule has 0 aliphatic carbocycles. The second-order valence-electron chi connectivity index (χ2n) is 5.77. The number of ether oxygens (including phenoxy) is 1. The number of benzene rings is 2. The van der Waals surface area contributed by atoms with Crippen LogP contribution in [0.4, 0.5) is 0 Å². The Balaban J connectivity index is 1.74. The van der Waals surface area contributed by atoms with Gasteiger partial charge in [0.15, 0.2) is 11.6 Å². The molecule has 0 saturated heterocycles. The molecule has 1 aliphatic heterocycles. The maximum absolute atomic E-state index is 12.0. The van der Waals surface area contributed by atoms with E-state index in [-0.39, 0.29) is 5.97 Å². The number of aliphatic imine (C=N–C) groups is 1. The predicted octanol–water partition coefficient (Wildman–Crippen LogP) is 4.23. The SMILES string of the molecule is Cc1ccc(/C=C2\N=C(CCc3ccccc3)OC2=O)c(C)c1. The van der Waals surface area contributed by atoms with Gasteiger partial charge in [-0.25, -0.2) is 9.79 Å². The van der Waals surface area contributed by atoms with E-state index in [0.29, 0.717) is 18.0 Å². The summed E-state index contributed by atoms with van der Waals surface area (Å²) in [4.78, 5) is 16.3. The topological polar surface area (TPSA) is 38.7 Å². The summed E-state index contributed by atoms with van der Waals surface area (Å²) in [5, 5.41) is 0. The molecule has 116 valence electrons. The second kappa shape index (κ2) is 6.61. The monoisotopic (exact) mass is 305 g/mol. The van der Waals surface area contributed by atoms with Crippen molar-refractivity contribution in [3.63, 3.8) is 0 Å². The number of rotatable bonds is 4. The largest absolute Gasteiger partial charge is 0.407 e. The minimum Gasteiger partial charge on any atom is -0.407 e.